The summed E-state index contributed by atoms with van der Waals surface area (Å²) in [7, 11) is 1.33. The summed E-state index contributed by atoms with van der Waals surface area (Å²) in [5, 5.41) is 0. The van der Waals surface area contributed by atoms with E-state index < -0.39 is 5.85 Å². The van der Waals surface area contributed by atoms with Crippen molar-refractivity contribution in [1.29, 1.82) is 0 Å². The molecular weight excluding hydrogens is 121 g/mol. The number of methoxy groups -OCH3 is 1. The standard InChI is InChI=1S/C6H14FNO/c1-5(2)6(7,4-8)9-3/h5H,4,8H2,1-3H3. The van der Waals surface area contributed by atoms with Crippen molar-refractivity contribution >= 4 is 0 Å². The molecule has 2 N–H and O–H groups in total. The van der Waals surface area contributed by atoms with E-state index in [-0.39, 0.29) is 12.5 Å². The van der Waals surface area contributed by atoms with Gasteiger partial charge in [0.25, 0.3) is 0 Å². The molecule has 0 aliphatic carbocycles. The SMILES string of the molecule is COC(F)(CN)C(C)C. The third kappa shape index (κ3) is 1.91. The Balaban J connectivity index is 3.92. The minimum absolute atomic E-state index is 0.0822. The van der Waals surface area contributed by atoms with Crippen molar-refractivity contribution in [2.75, 3.05) is 13.7 Å². The molecule has 0 aliphatic heterocycles. The average molecular weight is 135 g/mol. The van der Waals surface area contributed by atoms with Crippen molar-refractivity contribution in [3.8, 4) is 0 Å². The van der Waals surface area contributed by atoms with Gasteiger partial charge in [-0.2, -0.15) is 0 Å². The molecule has 56 valence electrons. The average Bonchev–Trinajstić information content (AvgIpc) is 1.86. The van der Waals surface area contributed by atoms with E-state index in [1.807, 2.05) is 0 Å². The van der Waals surface area contributed by atoms with Crippen LogP contribution in [0.15, 0.2) is 0 Å². The zero-order valence-corrected chi connectivity index (χ0v) is 6.15. The van der Waals surface area contributed by atoms with Gasteiger partial charge in [0.05, 0.1) is 6.54 Å². The molecule has 0 aromatic heterocycles. The van der Waals surface area contributed by atoms with Gasteiger partial charge in [-0.05, 0) is 0 Å². The highest BCUT2D eigenvalue weighted by molar-refractivity contribution is 4.71. The fourth-order valence-corrected chi connectivity index (χ4v) is 0.555. The van der Waals surface area contributed by atoms with E-state index in [1.165, 1.54) is 7.11 Å². The fourth-order valence-electron chi connectivity index (χ4n) is 0.555. The smallest absolute Gasteiger partial charge is 0.223 e. The minimum Gasteiger partial charge on any atom is -0.348 e. The quantitative estimate of drug-likeness (QED) is 0.624. The number of halogens is 1. The Bertz CT molecular complexity index is 81.1. The highest BCUT2D eigenvalue weighted by Gasteiger charge is 2.31. The molecule has 3 heteroatoms. The van der Waals surface area contributed by atoms with Crippen LogP contribution in [0.4, 0.5) is 4.39 Å². The molecule has 0 saturated heterocycles. The largest absolute Gasteiger partial charge is 0.348 e. The van der Waals surface area contributed by atoms with E-state index in [4.69, 9.17) is 5.73 Å². The first-order chi connectivity index (χ1) is 4.06. The lowest BCUT2D eigenvalue weighted by atomic mass is 10.1. The van der Waals surface area contributed by atoms with Crippen LogP contribution in [0.2, 0.25) is 0 Å². The summed E-state index contributed by atoms with van der Waals surface area (Å²) < 4.78 is 17.6. The van der Waals surface area contributed by atoms with Crippen molar-refractivity contribution in [2.45, 2.75) is 19.7 Å². The van der Waals surface area contributed by atoms with E-state index in [0.29, 0.717) is 0 Å². The predicted molar refractivity (Wildman–Crippen MR) is 34.7 cm³/mol. The van der Waals surface area contributed by atoms with Crippen LogP contribution in [0.1, 0.15) is 13.8 Å². The Morgan fingerprint density at radius 3 is 2.11 bits per heavy atom. The van der Waals surface area contributed by atoms with Crippen molar-refractivity contribution < 1.29 is 9.13 Å². The van der Waals surface area contributed by atoms with Gasteiger partial charge in [0, 0.05) is 13.0 Å². The summed E-state index contributed by atoms with van der Waals surface area (Å²) in [5.74, 6) is -1.83. The van der Waals surface area contributed by atoms with Gasteiger partial charge in [0.15, 0.2) is 0 Å². The van der Waals surface area contributed by atoms with Gasteiger partial charge in [-0.1, -0.05) is 13.8 Å². The highest BCUT2D eigenvalue weighted by Crippen LogP contribution is 2.20. The molecule has 0 rings (SSSR count). The second kappa shape index (κ2) is 3.13. The number of nitrogens with two attached hydrogens (primary N) is 1. The summed E-state index contributed by atoms with van der Waals surface area (Å²) in [6, 6.07) is 0. The maximum Gasteiger partial charge on any atom is 0.223 e. The third-order valence-corrected chi connectivity index (χ3v) is 1.48. The summed E-state index contributed by atoms with van der Waals surface area (Å²) >= 11 is 0. The number of hydrogen-bond acceptors (Lipinski definition) is 2. The lowest BCUT2D eigenvalue weighted by Crippen LogP contribution is -2.40. The van der Waals surface area contributed by atoms with E-state index in [9.17, 15) is 4.39 Å². The number of alkyl halides is 1. The van der Waals surface area contributed by atoms with Crippen LogP contribution >= 0.6 is 0 Å². The minimum atomic E-state index is -1.64. The van der Waals surface area contributed by atoms with Crippen molar-refractivity contribution in [3.63, 3.8) is 0 Å². The molecule has 0 amide bonds. The number of hydrogen-bond donors (Lipinski definition) is 1. The van der Waals surface area contributed by atoms with Crippen LogP contribution in [0, 0.1) is 5.92 Å². The van der Waals surface area contributed by atoms with Gasteiger partial charge in [-0.25, -0.2) is 4.39 Å². The summed E-state index contributed by atoms with van der Waals surface area (Å²) in [4.78, 5) is 0. The molecule has 0 spiro atoms. The first kappa shape index (κ1) is 8.85. The van der Waals surface area contributed by atoms with E-state index in [0.717, 1.165) is 0 Å². The van der Waals surface area contributed by atoms with Crippen LogP contribution < -0.4 is 5.73 Å². The zero-order valence-electron chi connectivity index (χ0n) is 6.15. The molecule has 0 aromatic rings. The molecule has 0 bridgehead atoms. The molecule has 2 nitrogen and oxygen atoms in total. The molecule has 0 aliphatic rings. The van der Waals surface area contributed by atoms with Gasteiger partial charge in [0.2, 0.25) is 5.85 Å². The van der Waals surface area contributed by atoms with E-state index in [2.05, 4.69) is 4.74 Å². The normalized spacial score (nSPS) is 18.0. The van der Waals surface area contributed by atoms with Gasteiger partial charge in [-0.15, -0.1) is 0 Å². The topological polar surface area (TPSA) is 35.2 Å². The molecule has 0 radical (unpaired) electrons. The first-order valence-corrected chi connectivity index (χ1v) is 3.01. The molecule has 0 aromatic carbocycles. The summed E-state index contributed by atoms with van der Waals surface area (Å²) in [5.41, 5.74) is 5.12. The highest BCUT2D eigenvalue weighted by atomic mass is 19.2. The first-order valence-electron chi connectivity index (χ1n) is 3.01. The van der Waals surface area contributed by atoms with Crippen LogP contribution in [-0.2, 0) is 4.74 Å². The Hall–Kier alpha value is -0.150. The van der Waals surface area contributed by atoms with Crippen LogP contribution in [0.5, 0.6) is 0 Å². The van der Waals surface area contributed by atoms with Gasteiger partial charge in [-0.3, -0.25) is 0 Å². The zero-order chi connectivity index (χ0) is 7.49. The molecule has 0 heterocycles. The Labute approximate surface area is 55.2 Å². The Morgan fingerprint density at radius 2 is 2.11 bits per heavy atom. The second-order valence-electron chi connectivity index (χ2n) is 2.35. The van der Waals surface area contributed by atoms with Gasteiger partial charge < -0.3 is 10.5 Å². The van der Waals surface area contributed by atoms with Crippen molar-refractivity contribution in [3.05, 3.63) is 0 Å². The maximum absolute atomic E-state index is 13.0. The van der Waals surface area contributed by atoms with E-state index in [1.54, 1.807) is 13.8 Å². The molecule has 1 atom stereocenters. The summed E-state index contributed by atoms with van der Waals surface area (Å²) in [6.07, 6.45) is 0. The fraction of sp³-hybridized carbons (Fsp3) is 1.00. The summed E-state index contributed by atoms with van der Waals surface area (Å²) in [6.45, 7) is 3.38. The molecule has 1 unspecified atom stereocenters. The molecule has 9 heavy (non-hydrogen) atoms. The Morgan fingerprint density at radius 1 is 1.67 bits per heavy atom. The lowest BCUT2D eigenvalue weighted by Gasteiger charge is -2.25. The van der Waals surface area contributed by atoms with Crippen LogP contribution in [0.25, 0.3) is 0 Å². The van der Waals surface area contributed by atoms with E-state index >= 15 is 0 Å². The van der Waals surface area contributed by atoms with Crippen LogP contribution in [-0.4, -0.2) is 19.5 Å². The van der Waals surface area contributed by atoms with Crippen molar-refractivity contribution in [1.82, 2.24) is 0 Å². The monoisotopic (exact) mass is 135 g/mol. The molecule has 0 fully saturated rings. The molecule has 0 saturated carbocycles. The van der Waals surface area contributed by atoms with Gasteiger partial charge >= 0.3 is 0 Å². The van der Waals surface area contributed by atoms with Crippen LogP contribution in [0.3, 0.4) is 0 Å². The number of ether oxygens (including phenoxy) is 1. The third-order valence-electron chi connectivity index (χ3n) is 1.48. The second-order valence-corrected chi connectivity index (χ2v) is 2.35. The van der Waals surface area contributed by atoms with Crippen molar-refractivity contribution in [2.24, 2.45) is 11.7 Å². The lowest BCUT2D eigenvalue weighted by molar-refractivity contribution is -0.145. The van der Waals surface area contributed by atoms with Gasteiger partial charge in [0.1, 0.15) is 0 Å². The number of rotatable bonds is 3. The Kier molecular flexibility index (Phi) is 3.08. The predicted octanol–water partition coefficient (Wildman–Crippen LogP) is 0.913. The molecular formula is C6H14FNO. The maximum atomic E-state index is 13.0.